The number of morpholine rings is 1. The summed E-state index contributed by atoms with van der Waals surface area (Å²) in [6.07, 6.45) is 6.73. The van der Waals surface area contributed by atoms with Crippen LogP contribution in [0.2, 0.25) is 0 Å². The zero-order chi connectivity index (χ0) is 8.39. The zero-order valence-corrected chi connectivity index (χ0v) is 7.54. The average molecular weight is 167 g/mol. The maximum atomic E-state index is 5.74. The normalized spacial score (nSPS) is 35.3. The van der Waals surface area contributed by atoms with Crippen molar-refractivity contribution >= 4 is 0 Å². The van der Waals surface area contributed by atoms with Gasteiger partial charge in [0.2, 0.25) is 0 Å². The molecule has 0 saturated carbocycles. The molecule has 0 aromatic heterocycles. The maximum Gasteiger partial charge on any atom is 0.0707 e. The van der Waals surface area contributed by atoms with Gasteiger partial charge in [-0.1, -0.05) is 6.08 Å². The minimum Gasteiger partial charge on any atom is -0.372 e. The molecule has 2 atom stereocenters. The highest BCUT2D eigenvalue weighted by Crippen LogP contribution is 2.25. The molecule has 2 nitrogen and oxygen atoms in total. The van der Waals surface area contributed by atoms with Gasteiger partial charge in [-0.3, -0.25) is 4.90 Å². The van der Waals surface area contributed by atoms with E-state index >= 15 is 0 Å². The molecule has 2 heterocycles. The number of nitrogens with zero attached hydrogens (tertiary/aromatic N) is 1. The van der Waals surface area contributed by atoms with Crippen LogP contribution in [0.25, 0.3) is 0 Å². The molecule has 2 aliphatic heterocycles. The highest BCUT2D eigenvalue weighted by Gasteiger charge is 2.32. The van der Waals surface area contributed by atoms with E-state index in [1.54, 1.807) is 0 Å². The Labute approximate surface area is 74.2 Å². The summed E-state index contributed by atoms with van der Waals surface area (Å²) in [7, 11) is 0. The van der Waals surface area contributed by atoms with Gasteiger partial charge in [0.05, 0.1) is 12.2 Å². The van der Waals surface area contributed by atoms with Gasteiger partial charge in [0.15, 0.2) is 0 Å². The van der Waals surface area contributed by atoms with Crippen LogP contribution in [0.3, 0.4) is 0 Å². The number of hydrogen-bond acceptors (Lipinski definition) is 2. The predicted octanol–water partition coefficient (Wildman–Crippen LogP) is 1.43. The molecule has 0 amide bonds. The van der Waals surface area contributed by atoms with Gasteiger partial charge in [-0.15, -0.1) is 6.58 Å². The van der Waals surface area contributed by atoms with E-state index in [1.807, 2.05) is 6.08 Å². The van der Waals surface area contributed by atoms with Crippen molar-refractivity contribution in [3.8, 4) is 0 Å². The van der Waals surface area contributed by atoms with E-state index in [1.165, 1.54) is 19.4 Å². The first kappa shape index (κ1) is 8.27. The third-order valence-electron chi connectivity index (χ3n) is 2.77. The van der Waals surface area contributed by atoms with Crippen LogP contribution in [0.4, 0.5) is 0 Å². The summed E-state index contributed by atoms with van der Waals surface area (Å²) in [5.41, 5.74) is 0. The first-order valence-corrected chi connectivity index (χ1v) is 4.87. The molecule has 2 fully saturated rings. The number of rotatable bonds is 3. The smallest absolute Gasteiger partial charge is 0.0707 e. The summed E-state index contributed by atoms with van der Waals surface area (Å²) in [6, 6.07) is 0. The first-order chi connectivity index (χ1) is 5.88. The van der Waals surface area contributed by atoms with Crippen molar-refractivity contribution in [2.24, 2.45) is 0 Å². The summed E-state index contributed by atoms with van der Waals surface area (Å²) in [6.45, 7) is 7.19. The summed E-state index contributed by atoms with van der Waals surface area (Å²) in [5, 5.41) is 0. The van der Waals surface area contributed by atoms with Crippen LogP contribution in [0.15, 0.2) is 12.7 Å². The third-order valence-corrected chi connectivity index (χ3v) is 2.77. The minimum atomic E-state index is 0.536. The zero-order valence-electron chi connectivity index (χ0n) is 7.54. The molecule has 12 heavy (non-hydrogen) atoms. The second-order valence-corrected chi connectivity index (χ2v) is 3.79. The van der Waals surface area contributed by atoms with Crippen LogP contribution in [-0.4, -0.2) is 36.7 Å². The Morgan fingerprint density at radius 2 is 2.00 bits per heavy atom. The lowest BCUT2D eigenvalue weighted by Gasteiger charge is -2.31. The van der Waals surface area contributed by atoms with Gasteiger partial charge in [0.25, 0.3) is 0 Å². The van der Waals surface area contributed by atoms with E-state index in [0.29, 0.717) is 12.2 Å². The van der Waals surface area contributed by atoms with Crippen molar-refractivity contribution in [1.82, 2.24) is 4.90 Å². The molecule has 2 bridgehead atoms. The molecule has 2 unspecified atom stereocenters. The number of hydrogen-bond donors (Lipinski definition) is 0. The Kier molecular flexibility index (Phi) is 2.47. The lowest BCUT2D eigenvalue weighted by Crippen LogP contribution is -2.42. The number of likely N-dealkylation sites (tertiary alicyclic amines) is 1. The Hall–Kier alpha value is -0.340. The molecule has 2 saturated heterocycles. The lowest BCUT2D eigenvalue weighted by atomic mass is 10.2. The fourth-order valence-electron chi connectivity index (χ4n) is 2.16. The molecule has 0 N–H and O–H groups in total. The summed E-state index contributed by atoms with van der Waals surface area (Å²) >= 11 is 0. The van der Waals surface area contributed by atoms with Crippen molar-refractivity contribution in [1.29, 1.82) is 0 Å². The van der Waals surface area contributed by atoms with E-state index in [-0.39, 0.29) is 0 Å². The molecule has 2 aliphatic rings. The molecule has 0 spiro atoms. The largest absolute Gasteiger partial charge is 0.372 e. The van der Waals surface area contributed by atoms with Gasteiger partial charge in [-0.2, -0.15) is 0 Å². The second-order valence-electron chi connectivity index (χ2n) is 3.79. The molecule has 68 valence electrons. The molecule has 2 heteroatoms. The quantitative estimate of drug-likeness (QED) is 0.589. The highest BCUT2D eigenvalue weighted by atomic mass is 16.5. The summed E-state index contributed by atoms with van der Waals surface area (Å²) < 4.78 is 5.74. The van der Waals surface area contributed by atoms with Crippen molar-refractivity contribution in [3.05, 3.63) is 12.7 Å². The van der Waals surface area contributed by atoms with E-state index < -0.39 is 0 Å². The van der Waals surface area contributed by atoms with Gasteiger partial charge in [0, 0.05) is 19.6 Å². The Balaban J connectivity index is 1.81. The van der Waals surface area contributed by atoms with Crippen LogP contribution in [0.1, 0.15) is 19.3 Å². The molecular formula is C10H17NO. The molecule has 2 rings (SSSR count). The van der Waals surface area contributed by atoms with Crippen LogP contribution in [0.5, 0.6) is 0 Å². The van der Waals surface area contributed by atoms with Crippen molar-refractivity contribution < 1.29 is 4.74 Å². The topological polar surface area (TPSA) is 12.5 Å². The van der Waals surface area contributed by atoms with Gasteiger partial charge < -0.3 is 4.74 Å². The monoisotopic (exact) mass is 167 g/mol. The van der Waals surface area contributed by atoms with E-state index in [0.717, 1.165) is 19.5 Å². The molecule has 0 aliphatic carbocycles. The predicted molar refractivity (Wildman–Crippen MR) is 49.1 cm³/mol. The van der Waals surface area contributed by atoms with Crippen LogP contribution in [0, 0.1) is 0 Å². The number of fused-ring (bicyclic) bond motifs is 2. The lowest BCUT2D eigenvalue weighted by molar-refractivity contribution is -0.0375. The standard InChI is InChI=1S/C10H17NO/c1-2-3-6-11-7-9-4-5-10(8-11)12-9/h2,9-10H,1,3-8H2. The summed E-state index contributed by atoms with van der Waals surface area (Å²) in [4.78, 5) is 2.51. The van der Waals surface area contributed by atoms with Gasteiger partial charge in [-0.05, 0) is 19.3 Å². The Bertz CT molecular complexity index is 157. The van der Waals surface area contributed by atoms with Gasteiger partial charge in [-0.25, -0.2) is 0 Å². The van der Waals surface area contributed by atoms with Crippen LogP contribution < -0.4 is 0 Å². The highest BCUT2D eigenvalue weighted by molar-refractivity contribution is 4.85. The van der Waals surface area contributed by atoms with Crippen LogP contribution in [-0.2, 0) is 4.74 Å². The first-order valence-electron chi connectivity index (χ1n) is 4.87. The van der Waals surface area contributed by atoms with Gasteiger partial charge >= 0.3 is 0 Å². The van der Waals surface area contributed by atoms with Crippen molar-refractivity contribution in [3.63, 3.8) is 0 Å². The Morgan fingerprint density at radius 3 is 2.58 bits per heavy atom. The average Bonchev–Trinajstić information content (AvgIpc) is 2.42. The molecule has 0 aromatic rings. The molecule has 0 radical (unpaired) electrons. The van der Waals surface area contributed by atoms with E-state index in [2.05, 4.69) is 11.5 Å². The van der Waals surface area contributed by atoms with E-state index in [4.69, 9.17) is 4.74 Å². The number of ether oxygens (including phenoxy) is 1. The molecular weight excluding hydrogens is 150 g/mol. The fraction of sp³-hybridized carbons (Fsp3) is 0.800. The third kappa shape index (κ3) is 1.70. The Morgan fingerprint density at radius 1 is 1.33 bits per heavy atom. The minimum absolute atomic E-state index is 0.536. The van der Waals surface area contributed by atoms with Crippen molar-refractivity contribution in [2.45, 2.75) is 31.5 Å². The fourth-order valence-corrected chi connectivity index (χ4v) is 2.16. The van der Waals surface area contributed by atoms with Crippen molar-refractivity contribution in [2.75, 3.05) is 19.6 Å². The second kappa shape index (κ2) is 3.58. The maximum absolute atomic E-state index is 5.74. The SMILES string of the molecule is C=CCCN1CC2CCC(C1)O2. The summed E-state index contributed by atoms with van der Waals surface area (Å²) in [5.74, 6) is 0. The van der Waals surface area contributed by atoms with E-state index in [9.17, 15) is 0 Å². The molecule has 0 aromatic carbocycles. The van der Waals surface area contributed by atoms with Gasteiger partial charge in [0.1, 0.15) is 0 Å². The van der Waals surface area contributed by atoms with Crippen LogP contribution >= 0.6 is 0 Å².